The Hall–Kier alpha value is -1.97. The third kappa shape index (κ3) is 3.00. The zero-order valence-electron chi connectivity index (χ0n) is 13.9. The highest BCUT2D eigenvalue weighted by atomic mass is 32.2. The predicted octanol–water partition coefficient (Wildman–Crippen LogP) is 5.31. The Kier molecular flexibility index (Phi) is 4.14. The minimum Gasteiger partial charge on any atom is -0.419 e. The van der Waals surface area contributed by atoms with Gasteiger partial charge in [0, 0.05) is 6.04 Å². The van der Waals surface area contributed by atoms with E-state index < -0.39 is 0 Å². The Morgan fingerprint density at radius 3 is 2.54 bits per heavy atom. The third-order valence-electron chi connectivity index (χ3n) is 4.12. The summed E-state index contributed by atoms with van der Waals surface area (Å²) in [6.45, 7) is 2.06. The van der Waals surface area contributed by atoms with Gasteiger partial charge in [-0.3, -0.25) is 4.57 Å². The number of thiophene rings is 2. The van der Waals surface area contributed by atoms with Gasteiger partial charge in [0.25, 0.3) is 5.89 Å². The Morgan fingerprint density at radius 2 is 1.85 bits per heavy atom. The van der Waals surface area contributed by atoms with Gasteiger partial charge in [-0.15, -0.1) is 43.1 Å². The lowest BCUT2D eigenvalue weighted by atomic mass is 10.4. The molecule has 0 radical (unpaired) electrons. The van der Waals surface area contributed by atoms with Gasteiger partial charge in [-0.05, 0) is 42.7 Å². The molecule has 0 aromatic carbocycles. The fraction of sp³-hybridized carbons (Fsp3) is 0.294. The van der Waals surface area contributed by atoms with Crippen LogP contribution in [0.2, 0.25) is 0 Å². The van der Waals surface area contributed by atoms with Crippen LogP contribution in [-0.2, 0) is 0 Å². The van der Waals surface area contributed by atoms with Crippen molar-refractivity contribution in [3.63, 3.8) is 0 Å². The van der Waals surface area contributed by atoms with Crippen LogP contribution in [0, 0.1) is 0 Å². The summed E-state index contributed by atoms with van der Waals surface area (Å²) in [4.78, 5) is 2.14. The van der Waals surface area contributed by atoms with Gasteiger partial charge in [-0.2, -0.15) is 0 Å². The number of hydrogen-bond acceptors (Lipinski definition) is 8. The van der Waals surface area contributed by atoms with Crippen LogP contribution in [0.3, 0.4) is 0 Å². The molecular formula is C17H15N5OS3. The van der Waals surface area contributed by atoms with Crippen LogP contribution in [0.4, 0.5) is 0 Å². The number of thioether (sulfide) groups is 1. The van der Waals surface area contributed by atoms with Crippen LogP contribution < -0.4 is 0 Å². The second kappa shape index (κ2) is 6.64. The van der Waals surface area contributed by atoms with Gasteiger partial charge in [-0.1, -0.05) is 23.9 Å². The first-order chi connectivity index (χ1) is 12.8. The van der Waals surface area contributed by atoms with E-state index >= 15 is 0 Å². The molecule has 1 aliphatic carbocycles. The maximum Gasteiger partial charge on any atom is 0.257 e. The number of aromatic nitrogens is 5. The average Bonchev–Trinajstić information content (AvgIpc) is 3.19. The van der Waals surface area contributed by atoms with Gasteiger partial charge in [0.2, 0.25) is 5.89 Å². The Bertz CT molecular complexity index is 1000. The van der Waals surface area contributed by atoms with Gasteiger partial charge in [0.1, 0.15) is 0 Å². The number of rotatable bonds is 6. The van der Waals surface area contributed by atoms with Crippen molar-refractivity contribution in [2.45, 2.75) is 36.2 Å². The molecular weight excluding hydrogens is 386 g/mol. The van der Waals surface area contributed by atoms with Crippen LogP contribution in [0.1, 0.15) is 36.9 Å². The molecule has 0 spiro atoms. The van der Waals surface area contributed by atoms with Crippen molar-refractivity contribution < 1.29 is 4.42 Å². The van der Waals surface area contributed by atoms with E-state index in [0.29, 0.717) is 17.8 Å². The van der Waals surface area contributed by atoms with E-state index in [0.717, 1.165) is 20.7 Å². The van der Waals surface area contributed by atoms with Crippen molar-refractivity contribution in [2.75, 3.05) is 0 Å². The largest absolute Gasteiger partial charge is 0.419 e. The summed E-state index contributed by atoms with van der Waals surface area (Å²) >= 11 is 4.91. The minimum absolute atomic E-state index is 0.00842. The average molecular weight is 402 g/mol. The summed E-state index contributed by atoms with van der Waals surface area (Å²) < 4.78 is 8.14. The topological polar surface area (TPSA) is 69.6 Å². The van der Waals surface area contributed by atoms with Crippen molar-refractivity contribution in [1.82, 2.24) is 25.0 Å². The maximum absolute atomic E-state index is 5.87. The molecule has 6 nitrogen and oxygen atoms in total. The standard InChI is InChI=1S/C17H15N5OS3/c1-10(15-19-20-16(23-15)13-5-3-9-25-13)26-17-21-18-14(12-4-2-8-24-12)22(17)11-6-7-11/h2-5,8-11H,6-7H2,1H3/t10-/m0/s1. The minimum atomic E-state index is 0.00842. The molecule has 0 N–H and O–H groups in total. The highest BCUT2D eigenvalue weighted by Gasteiger charge is 2.31. The number of hydrogen-bond donors (Lipinski definition) is 0. The normalized spacial score (nSPS) is 15.4. The lowest BCUT2D eigenvalue weighted by Gasteiger charge is -2.09. The molecule has 132 valence electrons. The highest BCUT2D eigenvalue weighted by Crippen LogP contribution is 2.44. The molecule has 1 saturated carbocycles. The van der Waals surface area contributed by atoms with Gasteiger partial charge in [-0.25, -0.2) is 0 Å². The highest BCUT2D eigenvalue weighted by molar-refractivity contribution is 7.99. The monoisotopic (exact) mass is 401 g/mol. The van der Waals surface area contributed by atoms with Crippen LogP contribution in [0.25, 0.3) is 21.5 Å². The molecule has 0 amide bonds. The molecule has 5 rings (SSSR count). The molecule has 4 aromatic rings. The quantitative estimate of drug-likeness (QED) is 0.408. The maximum atomic E-state index is 5.87. The van der Waals surface area contributed by atoms with E-state index in [4.69, 9.17) is 4.42 Å². The molecule has 1 atom stereocenters. The molecule has 4 heterocycles. The molecule has 0 aliphatic heterocycles. The lowest BCUT2D eigenvalue weighted by Crippen LogP contribution is -2.00. The lowest BCUT2D eigenvalue weighted by molar-refractivity contribution is 0.509. The first kappa shape index (κ1) is 16.2. The van der Waals surface area contributed by atoms with E-state index in [9.17, 15) is 0 Å². The van der Waals surface area contributed by atoms with Gasteiger partial charge in [0.05, 0.1) is 15.0 Å². The van der Waals surface area contributed by atoms with E-state index in [1.807, 2.05) is 23.6 Å². The van der Waals surface area contributed by atoms with Crippen LogP contribution in [0.15, 0.2) is 44.6 Å². The van der Waals surface area contributed by atoms with Crippen LogP contribution in [0.5, 0.6) is 0 Å². The third-order valence-corrected chi connectivity index (χ3v) is 6.89. The fourth-order valence-electron chi connectivity index (χ4n) is 2.70. The zero-order valence-corrected chi connectivity index (χ0v) is 16.4. The van der Waals surface area contributed by atoms with Crippen molar-refractivity contribution in [3.8, 4) is 21.5 Å². The second-order valence-corrected chi connectivity index (χ2v) is 9.27. The van der Waals surface area contributed by atoms with Crippen molar-refractivity contribution in [2.24, 2.45) is 0 Å². The van der Waals surface area contributed by atoms with Crippen LogP contribution in [-0.4, -0.2) is 25.0 Å². The molecule has 9 heteroatoms. The second-order valence-electron chi connectivity index (χ2n) is 6.07. The summed E-state index contributed by atoms with van der Waals surface area (Å²) in [7, 11) is 0. The SMILES string of the molecule is C[C@H](Sc1nnc(-c2cccs2)n1C1CC1)c1nnc(-c2cccs2)o1. The number of nitrogens with zero attached hydrogens (tertiary/aromatic N) is 5. The first-order valence-corrected chi connectivity index (χ1v) is 11.0. The smallest absolute Gasteiger partial charge is 0.257 e. The van der Waals surface area contributed by atoms with Gasteiger partial charge >= 0.3 is 0 Å². The van der Waals surface area contributed by atoms with Crippen molar-refractivity contribution >= 4 is 34.4 Å². The summed E-state index contributed by atoms with van der Waals surface area (Å²) in [5, 5.41) is 22.3. The molecule has 4 aromatic heterocycles. The van der Waals surface area contributed by atoms with E-state index in [2.05, 4.69) is 43.3 Å². The summed E-state index contributed by atoms with van der Waals surface area (Å²) in [5.74, 6) is 2.15. The van der Waals surface area contributed by atoms with Crippen molar-refractivity contribution in [1.29, 1.82) is 0 Å². The van der Waals surface area contributed by atoms with E-state index in [-0.39, 0.29) is 5.25 Å². The summed E-state index contributed by atoms with van der Waals surface area (Å²) in [6.07, 6.45) is 2.36. The fourth-order valence-corrected chi connectivity index (χ4v) is 5.00. The summed E-state index contributed by atoms with van der Waals surface area (Å²) in [5.41, 5.74) is 0. The zero-order chi connectivity index (χ0) is 17.5. The molecule has 0 bridgehead atoms. The molecule has 0 saturated heterocycles. The van der Waals surface area contributed by atoms with E-state index in [1.54, 1.807) is 34.4 Å². The Morgan fingerprint density at radius 1 is 1.08 bits per heavy atom. The molecule has 1 aliphatic rings. The Labute approximate surface area is 162 Å². The van der Waals surface area contributed by atoms with Gasteiger partial charge in [0.15, 0.2) is 11.0 Å². The van der Waals surface area contributed by atoms with Crippen LogP contribution >= 0.6 is 34.4 Å². The summed E-state index contributed by atoms with van der Waals surface area (Å²) in [6, 6.07) is 8.60. The predicted molar refractivity (Wildman–Crippen MR) is 103 cm³/mol. The molecule has 0 unspecified atom stereocenters. The van der Waals surface area contributed by atoms with Crippen molar-refractivity contribution in [3.05, 3.63) is 40.9 Å². The Balaban J connectivity index is 1.41. The van der Waals surface area contributed by atoms with E-state index in [1.165, 1.54) is 12.8 Å². The molecule has 26 heavy (non-hydrogen) atoms. The first-order valence-electron chi connectivity index (χ1n) is 8.32. The molecule has 1 fully saturated rings. The van der Waals surface area contributed by atoms with Gasteiger partial charge < -0.3 is 4.42 Å².